The molecule has 0 aromatic heterocycles. The summed E-state index contributed by atoms with van der Waals surface area (Å²) in [6.07, 6.45) is 0.961. The van der Waals surface area contributed by atoms with Gasteiger partial charge in [0, 0.05) is 17.9 Å². The van der Waals surface area contributed by atoms with Crippen molar-refractivity contribution in [3.63, 3.8) is 0 Å². The number of carboxylic acid groups (broad SMARTS) is 1. The first-order chi connectivity index (χ1) is 6.15. The lowest BCUT2D eigenvalue weighted by Crippen LogP contribution is -2.12. The molecule has 5 nitrogen and oxygen atoms in total. The SMILES string of the molecule is O=CC[C@@H](CC(=O)O)/C(C=O)=C\O. The fraction of sp³-hybridized carbons (Fsp3) is 0.375. The van der Waals surface area contributed by atoms with Crippen molar-refractivity contribution in [2.45, 2.75) is 12.8 Å². The lowest BCUT2D eigenvalue weighted by molar-refractivity contribution is -0.137. The molecule has 0 saturated carbocycles. The van der Waals surface area contributed by atoms with Crippen LogP contribution in [0.4, 0.5) is 0 Å². The fourth-order valence-electron chi connectivity index (χ4n) is 0.896. The van der Waals surface area contributed by atoms with Gasteiger partial charge in [-0.3, -0.25) is 9.59 Å². The topological polar surface area (TPSA) is 91.7 Å². The Labute approximate surface area is 74.7 Å². The Balaban J connectivity index is 4.47. The number of carboxylic acids is 1. The molecule has 0 fully saturated rings. The summed E-state index contributed by atoms with van der Waals surface area (Å²) in [5, 5.41) is 16.9. The molecule has 0 heterocycles. The smallest absolute Gasteiger partial charge is 0.303 e. The van der Waals surface area contributed by atoms with Gasteiger partial charge in [-0.25, -0.2) is 0 Å². The van der Waals surface area contributed by atoms with Crippen molar-refractivity contribution in [2.24, 2.45) is 5.92 Å². The zero-order chi connectivity index (χ0) is 10.3. The minimum atomic E-state index is -1.12. The van der Waals surface area contributed by atoms with Gasteiger partial charge in [-0.2, -0.15) is 0 Å². The molecule has 13 heavy (non-hydrogen) atoms. The number of aliphatic hydroxyl groups is 1. The third-order valence-corrected chi connectivity index (χ3v) is 1.56. The van der Waals surface area contributed by atoms with E-state index in [1.54, 1.807) is 0 Å². The Morgan fingerprint density at radius 3 is 2.31 bits per heavy atom. The molecule has 0 aromatic rings. The Kier molecular flexibility index (Phi) is 5.18. The average molecular weight is 186 g/mol. The van der Waals surface area contributed by atoms with Gasteiger partial charge in [0.15, 0.2) is 0 Å². The molecule has 0 bridgehead atoms. The first-order valence-electron chi connectivity index (χ1n) is 3.60. The lowest BCUT2D eigenvalue weighted by Gasteiger charge is -2.09. The minimum Gasteiger partial charge on any atom is -0.515 e. The Morgan fingerprint density at radius 2 is 2.00 bits per heavy atom. The van der Waals surface area contributed by atoms with Crippen molar-refractivity contribution in [3.8, 4) is 0 Å². The van der Waals surface area contributed by atoms with Crippen LogP contribution in [0.25, 0.3) is 0 Å². The van der Waals surface area contributed by atoms with Crippen LogP contribution in [-0.4, -0.2) is 28.8 Å². The Hall–Kier alpha value is -1.65. The molecule has 0 aromatic carbocycles. The van der Waals surface area contributed by atoms with E-state index in [0.29, 0.717) is 18.8 Å². The first-order valence-corrected chi connectivity index (χ1v) is 3.60. The summed E-state index contributed by atoms with van der Waals surface area (Å²) in [6.45, 7) is 0. The summed E-state index contributed by atoms with van der Waals surface area (Å²) >= 11 is 0. The fourth-order valence-corrected chi connectivity index (χ4v) is 0.896. The number of aldehydes is 2. The molecule has 0 aliphatic carbocycles. The van der Waals surface area contributed by atoms with E-state index in [9.17, 15) is 14.4 Å². The lowest BCUT2D eigenvalue weighted by atomic mass is 9.94. The normalized spacial score (nSPS) is 13.4. The van der Waals surface area contributed by atoms with Crippen LogP contribution in [0.15, 0.2) is 11.8 Å². The zero-order valence-electron chi connectivity index (χ0n) is 6.84. The van der Waals surface area contributed by atoms with Crippen molar-refractivity contribution in [1.82, 2.24) is 0 Å². The summed E-state index contributed by atoms with van der Waals surface area (Å²) in [5.41, 5.74) is -0.0745. The molecule has 0 rings (SSSR count). The van der Waals surface area contributed by atoms with Gasteiger partial charge in [0.2, 0.25) is 0 Å². The molecule has 0 saturated heterocycles. The van der Waals surface area contributed by atoms with Gasteiger partial charge in [0.1, 0.15) is 12.6 Å². The molecular formula is C8H10O5. The second-order valence-corrected chi connectivity index (χ2v) is 2.44. The predicted molar refractivity (Wildman–Crippen MR) is 43.2 cm³/mol. The molecule has 1 atom stereocenters. The van der Waals surface area contributed by atoms with E-state index in [1.165, 1.54) is 0 Å². The molecule has 2 N–H and O–H groups in total. The van der Waals surface area contributed by atoms with E-state index in [1.807, 2.05) is 0 Å². The average Bonchev–Trinajstić information content (AvgIpc) is 2.05. The highest BCUT2D eigenvalue weighted by Gasteiger charge is 2.17. The quantitative estimate of drug-likeness (QED) is 0.354. The van der Waals surface area contributed by atoms with Crippen LogP contribution < -0.4 is 0 Å². The van der Waals surface area contributed by atoms with Gasteiger partial charge >= 0.3 is 5.97 Å². The molecule has 0 unspecified atom stereocenters. The number of carbonyl (C=O) groups excluding carboxylic acids is 2. The van der Waals surface area contributed by atoms with E-state index in [2.05, 4.69) is 0 Å². The number of hydrogen-bond acceptors (Lipinski definition) is 4. The summed E-state index contributed by atoms with van der Waals surface area (Å²) < 4.78 is 0. The van der Waals surface area contributed by atoms with E-state index in [0.717, 1.165) is 0 Å². The third-order valence-electron chi connectivity index (χ3n) is 1.56. The molecular weight excluding hydrogens is 176 g/mol. The predicted octanol–water partition coefficient (Wildman–Crippen LogP) is 0.307. The summed E-state index contributed by atoms with van der Waals surface area (Å²) in [4.78, 5) is 30.7. The number of rotatable bonds is 6. The monoisotopic (exact) mass is 186 g/mol. The number of aliphatic carboxylic acids is 1. The van der Waals surface area contributed by atoms with Crippen molar-refractivity contribution < 1.29 is 24.6 Å². The van der Waals surface area contributed by atoms with Crippen LogP contribution in [0, 0.1) is 5.92 Å². The van der Waals surface area contributed by atoms with E-state index in [4.69, 9.17) is 10.2 Å². The summed E-state index contributed by atoms with van der Waals surface area (Å²) in [7, 11) is 0. The van der Waals surface area contributed by atoms with E-state index >= 15 is 0 Å². The van der Waals surface area contributed by atoms with Crippen molar-refractivity contribution in [3.05, 3.63) is 11.8 Å². The zero-order valence-corrected chi connectivity index (χ0v) is 6.84. The van der Waals surface area contributed by atoms with Crippen molar-refractivity contribution >= 4 is 18.5 Å². The van der Waals surface area contributed by atoms with Crippen LogP contribution in [0.2, 0.25) is 0 Å². The van der Waals surface area contributed by atoms with E-state index in [-0.39, 0.29) is 18.4 Å². The maximum Gasteiger partial charge on any atom is 0.303 e. The van der Waals surface area contributed by atoms with Crippen molar-refractivity contribution in [2.75, 3.05) is 0 Å². The number of hydrogen-bond donors (Lipinski definition) is 2. The van der Waals surface area contributed by atoms with Crippen molar-refractivity contribution in [1.29, 1.82) is 0 Å². The Morgan fingerprint density at radius 1 is 1.38 bits per heavy atom. The van der Waals surface area contributed by atoms with Crippen LogP contribution >= 0.6 is 0 Å². The van der Waals surface area contributed by atoms with Crippen LogP contribution in [0.3, 0.4) is 0 Å². The number of aliphatic hydroxyl groups excluding tert-OH is 1. The summed E-state index contributed by atoms with van der Waals surface area (Å²) in [6, 6.07) is 0. The summed E-state index contributed by atoms with van der Waals surface area (Å²) in [5.74, 6) is -1.86. The second-order valence-electron chi connectivity index (χ2n) is 2.44. The minimum absolute atomic E-state index is 0.0745. The highest BCUT2D eigenvalue weighted by molar-refractivity contribution is 5.77. The molecule has 0 radical (unpaired) electrons. The highest BCUT2D eigenvalue weighted by Crippen LogP contribution is 2.15. The van der Waals surface area contributed by atoms with E-state index < -0.39 is 11.9 Å². The van der Waals surface area contributed by atoms with Gasteiger partial charge in [-0.15, -0.1) is 0 Å². The largest absolute Gasteiger partial charge is 0.515 e. The highest BCUT2D eigenvalue weighted by atomic mass is 16.4. The number of carbonyl (C=O) groups is 3. The van der Waals surface area contributed by atoms with Gasteiger partial charge in [0.25, 0.3) is 0 Å². The Bertz CT molecular complexity index is 231. The molecule has 0 spiro atoms. The number of allylic oxidation sites excluding steroid dienone is 1. The maximum absolute atomic E-state index is 10.3. The maximum atomic E-state index is 10.3. The molecule has 0 aliphatic heterocycles. The molecule has 0 amide bonds. The molecule has 72 valence electrons. The van der Waals surface area contributed by atoms with Crippen LogP contribution in [0.5, 0.6) is 0 Å². The van der Waals surface area contributed by atoms with Crippen LogP contribution in [0.1, 0.15) is 12.8 Å². The van der Waals surface area contributed by atoms with Gasteiger partial charge in [-0.1, -0.05) is 0 Å². The molecule has 5 heteroatoms. The standard InChI is InChI=1S/C8H10O5/c9-2-1-6(3-8(12)13)7(4-10)5-11/h2,4-6,10H,1,3H2,(H,12,13)/b7-4-/t6-/m0/s1. The van der Waals surface area contributed by atoms with Gasteiger partial charge in [-0.05, 0) is 0 Å². The van der Waals surface area contributed by atoms with Gasteiger partial charge < -0.3 is 15.0 Å². The second kappa shape index (κ2) is 5.93. The molecule has 0 aliphatic rings. The van der Waals surface area contributed by atoms with Crippen LogP contribution in [-0.2, 0) is 14.4 Å². The van der Waals surface area contributed by atoms with Gasteiger partial charge in [0.05, 0.1) is 12.7 Å². The first kappa shape index (κ1) is 11.4. The third kappa shape index (κ3) is 4.05.